The van der Waals surface area contributed by atoms with Crippen LogP contribution in [0.25, 0.3) is 0 Å². The van der Waals surface area contributed by atoms with Crippen molar-refractivity contribution in [1.82, 2.24) is 5.32 Å². The SMILES string of the molecule is COc1ccc(CN[C@H](C)c2cccc(OC)c2)cc1. The third-order valence-corrected chi connectivity index (χ3v) is 3.37. The van der Waals surface area contributed by atoms with E-state index in [2.05, 4.69) is 36.5 Å². The number of methoxy groups -OCH3 is 2. The molecule has 2 aromatic carbocycles. The van der Waals surface area contributed by atoms with Crippen molar-refractivity contribution in [1.29, 1.82) is 0 Å². The molecule has 0 fully saturated rings. The second-order valence-corrected chi connectivity index (χ2v) is 4.73. The standard InChI is InChI=1S/C17H21NO2/c1-13(15-5-4-6-17(11-15)20-3)18-12-14-7-9-16(19-2)10-8-14/h4-11,13,18H,12H2,1-3H3/t13-/m1/s1. The van der Waals surface area contributed by atoms with Gasteiger partial charge in [-0.2, -0.15) is 0 Å². The molecule has 2 aromatic rings. The van der Waals surface area contributed by atoms with Gasteiger partial charge in [-0.3, -0.25) is 0 Å². The minimum Gasteiger partial charge on any atom is -0.497 e. The van der Waals surface area contributed by atoms with Crippen LogP contribution in [-0.2, 0) is 6.54 Å². The summed E-state index contributed by atoms with van der Waals surface area (Å²) in [6.07, 6.45) is 0. The fraction of sp³-hybridized carbons (Fsp3) is 0.294. The molecule has 3 nitrogen and oxygen atoms in total. The second-order valence-electron chi connectivity index (χ2n) is 4.73. The molecule has 0 saturated heterocycles. The van der Waals surface area contributed by atoms with Crippen molar-refractivity contribution in [2.45, 2.75) is 19.5 Å². The first-order chi connectivity index (χ1) is 9.72. The topological polar surface area (TPSA) is 30.5 Å². The lowest BCUT2D eigenvalue weighted by molar-refractivity contribution is 0.413. The Morgan fingerprint density at radius 2 is 1.65 bits per heavy atom. The molecule has 0 amide bonds. The third-order valence-electron chi connectivity index (χ3n) is 3.37. The lowest BCUT2D eigenvalue weighted by Gasteiger charge is -2.15. The average molecular weight is 271 g/mol. The molecule has 0 heterocycles. The van der Waals surface area contributed by atoms with E-state index < -0.39 is 0 Å². The number of hydrogen-bond acceptors (Lipinski definition) is 3. The highest BCUT2D eigenvalue weighted by Crippen LogP contribution is 2.19. The van der Waals surface area contributed by atoms with Gasteiger partial charge in [0.1, 0.15) is 11.5 Å². The van der Waals surface area contributed by atoms with Crippen LogP contribution in [0, 0.1) is 0 Å². The molecule has 0 aromatic heterocycles. The predicted octanol–water partition coefficient (Wildman–Crippen LogP) is 3.55. The maximum absolute atomic E-state index is 5.25. The first kappa shape index (κ1) is 14.4. The monoisotopic (exact) mass is 271 g/mol. The van der Waals surface area contributed by atoms with E-state index in [9.17, 15) is 0 Å². The zero-order chi connectivity index (χ0) is 14.4. The molecule has 20 heavy (non-hydrogen) atoms. The van der Waals surface area contributed by atoms with Crippen LogP contribution < -0.4 is 14.8 Å². The van der Waals surface area contributed by atoms with E-state index in [-0.39, 0.29) is 6.04 Å². The smallest absolute Gasteiger partial charge is 0.119 e. The molecule has 0 saturated carbocycles. The van der Waals surface area contributed by atoms with Gasteiger partial charge in [-0.25, -0.2) is 0 Å². The highest BCUT2D eigenvalue weighted by atomic mass is 16.5. The lowest BCUT2D eigenvalue weighted by atomic mass is 10.1. The number of benzene rings is 2. The van der Waals surface area contributed by atoms with E-state index in [1.165, 1.54) is 11.1 Å². The van der Waals surface area contributed by atoms with Crippen molar-refractivity contribution in [2.24, 2.45) is 0 Å². The minimum absolute atomic E-state index is 0.271. The van der Waals surface area contributed by atoms with E-state index in [1.807, 2.05) is 24.3 Å². The summed E-state index contributed by atoms with van der Waals surface area (Å²) in [6.45, 7) is 2.97. The average Bonchev–Trinajstić information content (AvgIpc) is 2.53. The molecular formula is C17H21NO2. The molecule has 0 aliphatic rings. The Morgan fingerprint density at radius 3 is 2.30 bits per heavy atom. The number of rotatable bonds is 6. The molecular weight excluding hydrogens is 250 g/mol. The fourth-order valence-corrected chi connectivity index (χ4v) is 2.04. The molecule has 0 aliphatic heterocycles. The van der Waals surface area contributed by atoms with Crippen LogP contribution in [0.1, 0.15) is 24.1 Å². The van der Waals surface area contributed by atoms with Crippen molar-refractivity contribution in [3.8, 4) is 11.5 Å². The quantitative estimate of drug-likeness (QED) is 0.871. The summed E-state index contributed by atoms with van der Waals surface area (Å²) < 4.78 is 10.4. The summed E-state index contributed by atoms with van der Waals surface area (Å²) in [5.41, 5.74) is 2.46. The van der Waals surface area contributed by atoms with E-state index in [1.54, 1.807) is 14.2 Å². The summed E-state index contributed by atoms with van der Waals surface area (Å²) >= 11 is 0. The Kier molecular flexibility index (Phi) is 5.02. The van der Waals surface area contributed by atoms with Crippen molar-refractivity contribution in [3.63, 3.8) is 0 Å². The van der Waals surface area contributed by atoms with Gasteiger partial charge >= 0.3 is 0 Å². The highest BCUT2D eigenvalue weighted by molar-refractivity contribution is 5.31. The van der Waals surface area contributed by atoms with Gasteiger partial charge in [0.25, 0.3) is 0 Å². The number of ether oxygens (including phenoxy) is 2. The van der Waals surface area contributed by atoms with E-state index >= 15 is 0 Å². The van der Waals surface area contributed by atoms with Crippen molar-refractivity contribution in [2.75, 3.05) is 14.2 Å². The van der Waals surface area contributed by atoms with E-state index in [0.717, 1.165) is 18.0 Å². The molecule has 0 spiro atoms. The van der Waals surface area contributed by atoms with Gasteiger partial charge in [0.2, 0.25) is 0 Å². The van der Waals surface area contributed by atoms with Crippen molar-refractivity contribution >= 4 is 0 Å². The van der Waals surface area contributed by atoms with Crippen LogP contribution in [0.4, 0.5) is 0 Å². The number of nitrogens with one attached hydrogen (secondary N) is 1. The maximum Gasteiger partial charge on any atom is 0.119 e. The Morgan fingerprint density at radius 1 is 0.950 bits per heavy atom. The van der Waals surface area contributed by atoms with Crippen molar-refractivity contribution < 1.29 is 9.47 Å². The highest BCUT2D eigenvalue weighted by Gasteiger charge is 2.06. The largest absolute Gasteiger partial charge is 0.497 e. The lowest BCUT2D eigenvalue weighted by Crippen LogP contribution is -2.18. The Hall–Kier alpha value is -2.00. The van der Waals surface area contributed by atoms with Crippen LogP contribution >= 0.6 is 0 Å². The van der Waals surface area contributed by atoms with Gasteiger partial charge in [-0.15, -0.1) is 0 Å². The molecule has 0 aliphatic carbocycles. The molecule has 1 atom stereocenters. The van der Waals surface area contributed by atoms with Crippen LogP contribution in [0.3, 0.4) is 0 Å². The van der Waals surface area contributed by atoms with Crippen LogP contribution in [-0.4, -0.2) is 14.2 Å². The molecule has 1 N–H and O–H groups in total. The fourth-order valence-electron chi connectivity index (χ4n) is 2.04. The van der Waals surface area contributed by atoms with Crippen LogP contribution in [0.5, 0.6) is 11.5 Å². The number of hydrogen-bond donors (Lipinski definition) is 1. The summed E-state index contributed by atoms with van der Waals surface area (Å²) in [4.78, 5) is 0. The van der Waals surface area contributed by atoms with Crippen molar-refractivity contribution in [3.05, 3.63) is 59.7 Å². The van der Waals surface area contributed by atoms with Gasteiger partial charge in [-0.05, 0) is 42.3 Å². The van der Waals surface area contributed by atoms with Gasteiger partial charge in [0.05, 0.1) is 14.2 Å². The maximum atomic E-state index is 5.25. The molecule has 3 heteroatoms. The summed E-state index contributed by atoms with van der Waals surface area (Å²) in [6, 6.07) is 16.5. The molecule has 106 valence electrons. The van der Waals surface area contributed by atoms with Gasteiger partial charge < -0.3 is 14.8 Å². The normalized spacial score (nSPS) is 11.9. The van der Waals surface area contributed by atoms with Crippen LogP contribution in [0.2, 0.25) is 0 Å². The predicted molar refractivity (Wildman–Crippen MR) is 81.2 cm³/mol. The Bertz CT molecular complexity index is 537. The summed E-state index contributed by atoms with van der Waals surface area (Å²) in [7, 11) is 3.37. The first-order valence-electron chi connectivity index (χ1n) is 6.73. The molecule has 0 unspecified atom stereocenters. The third kappa shape index (κ3) is 3.75. The van der Waals surface area contributed by atoms with Gasteiger partial charge in [0.15, 0.2) is 0 Å². The molecule has 2 rings (SSSR count). The zero-order valence-corrected chi connectivity index (χ0v) is 12.2. The first-order valence-corrected chi connectivity index (χ1v) is 6.73. The van der Waals surface area contributed by atoms with Gasteiger partial charge in [0, 0.05) is 12.6 Å². The molecule has 0 radical (unpaired) electrons. The van der Waals surface area contributed by atoms with Gasteiger partial charge in [-0.1, -0.05) is 24.3 Å². The summed E-state index contributed by atoms with van der Waals surface area (Å²) in [5.74, 6) is 1.77. The summed E-state index contributed by atoms with van der Waals surface area (Å²) in [5, 5.41) is 3.51. The second kappa shape index (κ2) is 6.96. The minimum atomic E-state index is 0.271. The zero-order valence-electron chi connectivity index (χ0n) is 12.2. The van der Waals surface area contributed by atoms with E-state index in [0.29, 0.717) is 0 Å². The molecule has 0 bridgehead atoms. The van der Waals surface area contributed by atoms with E-state index in [4.69, 9.17) is 9.47 Å². The Balaban J connectivity index is 1.95. The Labute approximate surface area is 120 Å². The van der Waals surface area contributed by atoms with Crippen LogP contribution in [0.15, 0.2) is 48.5 Å².